The summed E-state index contributed by atoms with van der Waals surface area (Å²) in [5.41, 5.74) is 2.01. The maximum absolute atomic E-state index is 12.7. The van der Waals surface area contributed by atoms with Crippen molar-refractivity contribution in [2.45, 2.75) is 24.7 Å². The summed E-state index contributed by atoms with van der Waals surface area (Å²) in [6.45, 7) is -0.102. The fourth-order valence-corrected chi connectivity index (χ4v) is 3.58. The highest BCUT2D eigenvalue weighted by Gasteiger charge is 2.45. The van der Waals surface area contributed by atoms with Gasteiger partial charge in [0.05, 0.1) is 23.0 Å². The molecule has 7 nitrogen and oxygen atoms in total. The quantitative estimate of drug-likeness (QED) is 0.556. The monoisotopic (exact) mass is 364 g/mol. The lowest BCUT2D eigenvalue weighted by atomic mass is 9.64. The van der Waals surface area contributed by atoms with Crippen molar-refractivity contribution in [2.75, 3.05) is 11.9 Å². The lowest BCUT2D eigenvalue weighted by Gasteiger charge is -2.40. The number of anilines is 1. The highest BCUT2D eigenvalue weighted by Crippen LogP contribution is 2.43. The molecule has 0 radical (unpaired) electrons. The number of aromatic nitrogens is 2. The lowest BCUT2D eigenvalue weighted by molar-refractivity contribution is -0.131. The molecule has 2 aromatic carbocycles. The number of imidazole rings is 1. The van der Waals surface area contributed by atoms with Crippen LogP contribution in [0.15, 0.2) is 53.3 Å². The molecule has 1 aliphatic rings. The first-order valence-electron chi connectivity index (χ1n) is 8.93. The zero-order valence-electron chi connectivity index (χ0n) is 14.7. The van der Waals surface area contributed by atoms with E-state index in [4.69, 9.17) is 0 Å². The van der Waals surface area contributed by atoms with E-state index in [9.17, 15) is 14.4 Å². The number of benzene rings is 2. The fourth-order valence-electron chi connectivity index (χ4n) is 3.58. The molecule has 4 N–H and O–H groups in total. The molecule has 1 saturated carbocycles. The van der Waals surface area contributed by atoms with Crippen LogP contribution in [-0.2, 0) is 15.0 Å². The first-order chi connectivity index (χ1) is 13.1. The predicted molar refractivity (Wildman–Crippen MR) is 103 cm³/mol. The molecule has 3 aromatic rings. The molecular formula is C20H20N4O3. The minimum Gasteiger partial charge on any atom is -0.346 e. The van der Waals surface area contributed by atoms with Crippen LogP contribution in [0, 0.1) is 0 Å². The van der Waals surface area contributed by atoms with Crippen LogP contribution in [0.25, 0.3) is 11.0 Å². The van der Waals surface area contributed by atoms with Gasteiger partial charge in [-0.15, -0.1) is 0 Å². The molecule has 0 aliphatic heterocycles. The summed E-state index contributed by atoms with van der Waals surface area (Å²) in [7, 11) is 0. The average molecular weight is 364 g/mol. The van der Waals surface area contributed by atoms with Crippen LogP contribution in [-0.4, -0.2) is 28.3 Å². The molecule has 4 rings (SSSR count). The summed E-state index contributed by atoms with van der Waals surface area (Å²) in [4.78, 5) is 41.6. The van der Waals surface area contributed by atoms with Crippen molar-refractivity contribution in [3.05, 3.63) is 64.6 Å². The number of aromatic amines is 2. The summed E-state index contributed by atoms with van der Waals surface area (Å²) in [6, 6.07) is 14.8. The molecule has 0 atom stereocenters. The van der Waals surface area contributed by atoms with Crippen LogP contribution in [0.5, 0.6) is 0 Å². The van der Waals surface area contributed by atoms with Crippen molar-refractivity contribution in [1.82, 2.24) is 15.3 Å². The Balaban J connectivity index is 1.39. The molecule has 27 heavy (non-hydrogen) atoms. The van der Waals surface area contributed by atoms with Crippen LogP contribution in [0.3, 0.4) is 0 Å². The van der Waals surface area contributed by atoms with E-state index in [1.165, 1.54) is 0 Å². The zero-order valence-corrected chi connectivity index (χ0v) is 14.7. The van der Waals surface area contributed by atoms with E-state index >= 15 is 0 Å². The molecule has 0 saturated heterocycles. The number of fused-ring (bicyclic) bond motifs is 1. The van der Waals surface area contributed by atoms with Crippen LogP contribution in [0.4, 0.5) is 5.69 Å². The van der Waals surface area contributed by atoms with Crippen LogP contribution >= 0.6 is 0 Å². The summed E-state index contributed by atoms with van der Waals surface area (Å²) in [5.74, 6) is -0.427. The number of H-pyrrole nitrogens is 2. The van der Waals surface area contributed by atoms with Gasteiger partial charge in [-0.1, -0.05) is 36.8 Å². The molecule has 2 amide bonds. The number of carbonyl (C=O) groups is 2. The third kappa shape index (κ3) is 3.23. The Hall–Kier alpha value is -3.35. The van der Waals surface area contributed by atoms with Gasteiger partial charge >= 0.3 is 5.69 Å². The second kappa shape index (κ2) is 6.75. The zero-order chi connectivity index (χ0) is 18.9. The average Bonchev–Trinajstić information content (AvgIpc) is 2.99. The highest BCUT2D eigenvalue weighted by atomic mass is 16.2. The molecule has 1 aromatic heterocycles. The van der Waals surface area contributed by atoms with Gasteiger partial charge < -0.3 is 20.6 Å². The van der Waals surface area contributed by atoms with E-state index in [1.54, 1.807) is 18.2 Å². The van der Waals surface area contributed by atoms with Crippen LogP contribution in [0.1, 0.15) is 24.8 Å². The third-order valence-corrected chi connectivity index (χ3v) is 5.18. The Morgan fingerprint density at radius 2 is 1.74 bits per heavy atom. The van der Waals surface area contributed by atoms with Crippen molar-refractivity contribution in [3.63, 3.8) is 0 Å². The predicted octanol–water partition coefficient (Wildman–Crippen LogP) is 2.03. The number of nitrogens with one attached hydrogen (secondary N) is 4. The van der Waals surface area contributed by atoms with Gasteiger partial charge in [0.1, 0.15) is 0 Å². The summed E-state index contributed by atoms with van der Waals surface area (Å²) in [5, 5.41) is 5.51. The number of amides is 2. The molecule has 0 spiro atoms. The standard InChI is InChI=1S/C20H20N4O3/c25-17(22-14-7-8-15-16(11-14)24-19(27)23-15)12-21-18(26)20(9-4-10-20)13-5-2-1-3-6-13/h1-3,5-8,11H,4,9-10,12H2,(H,21,26)(H,22,25)(H2,23,24,27). The Morgan fingerprint density at radius 1 is 1.00 bits per heavy atom. The van der Waals surface area contributed by atoms with E-state index in [2.05, 4.69) is 20.6 Å². The first-order valence-corrected chi connectivity index (χ1v) is 8.93. The molecule has 7 heteroatoms. The second-order valence-corrected chi connectivity index (χ2v) is 6.87. The first kappa shape index (κ1) is 17.1. The Morgan fingerprint density at radius 3 is 2.44 bits per heavy atom. The lowest BCUT2D eigenvalue weighted by Crippen LogP contribution is -2.50. The van der Waals surface area contributed by atoms with E-state index in [0.717, 1.165) is 24.8 Å². The van der Waals surface area contributed by atoms with E-state index in [1.807, 2.05) is 30.3 Å². The summed E-state index contributed by atoms with van der Waals surface area (Å²) in [6.07, 6.45) is 2.59. The van der Waals surface area contributed by atoms with E-state index < -0.39 is 5.41 Å². The summed E-state index contributed by atoms with van der Waals surface area (Å²) < 4.78 is 0. The number of hydrogen-bond donors (Lipinski definition) is 4. The SMILES string of the molecule is O=C(CNC(=O)C1(c2ccccc2)CCC1)Nc1ccc2[nH]c(=O)[nH]c2c1. The van der Waals surface area contributed by atoms with Crippen molar-refractivity contribution in [1.29, 1.82) is 0 Å². The third-order valence-electron chi connectivity index (χ3n) is 5.18. The molecule has 0 bridgehead atoms. The van der Waals surface area contributed by atoms with E-state index in [-0.39, 0.29) is 24.0 Å². The Bertz CT molecular complexity index is 1050. The minimum absolute atomic E-state index is 0.102. The topological polar surface area (TPSA) is 107 Å². The largest absolute Gasteiger partial charge is 0.346 e. The number of hydrogen-bond acceptors (Lipinski definition) is 3. The molecular weight excluding hydrogens is 344 g/mol. The van der Waals surface area contributed by atoms with Gasteiger partial charge in [0.2, 0.25) is 11.8 Å². The molecule has 0 unspecified atom stereocenters. The highest BCUT2D eigenvalue weighted by molar-refractivity contribution is 5.98. The molecule has 1 heterocycles. The smallest absolute Gasteiger partial charge is 0.323 e. The number of carbonyl (C=O) groups excluding carboxylic acids is 2. The Labute approximate surface area is 155 Å². The van der Waals surface area contributed by atoms with Gasteiger partial charge in [-0.25, -0.2) is 4.79 Å². The van der Waals surface area contributed by atoms with Gasteiger partial charge in [-0.2, -0.15) is 0 Å². The minimum atomic E-state index is -0.523. The van der Waals surface area contributed by atoms with Crippen molar-refractivity contribution >= 4 is 28.5 Å². The normalized spacial score (nSPS) is 15.1. The van der Waals surface area contributed by atoms with Crippen molar-refractivity contribution < 1.29 is 9.59 Å². The van der Waals surface area contributed by atoms with E-state index in [0.29, 0.717) is 16.7 Å². The molecule has 1 aliphatic carbocycles. The second-order valence-electron chi connectivity index (χ2n) is 6.87. The number of rotatable bonds is 5. The molecule has 1 fully saturated rings. The van der Waals surface area contributed by atoms with Gasteiger partial charge in [0.25, 0.3) is 0 Å². The molecule has 138 valence electrons. The summed E-state index contributed by atoms with van der Waals surface area (Å²) >= 11 is 0. The van der Waals surface area contributed by atoms with Crippen LogP contribution in [0.2, 0.25) is 0 Å². The van der Waals surface area contributed by atoms with Crippen molar-refractivity contribution in [3.8, 4) is 0 Å². The maximum Gasteiger partial charge on any atom is 0.323 e. The van der Waals surface area contributed by atoms with Crippen molar-refractivity contribution in [2.24, 2.45) is 0 Å². The van der Waals surface area contributed by atoms with Gasteiger partial charge in [0, 0.05) is 5.69 Å². The van der Waals surface area contributed by atoms with Gasteiger partial charge in [0.15, 0.2) is 0 Å². The van der Waals surface area contributed by atoms with Gasteiger partial charge in [-0.3, -0.25) is 9.59 Å². The fraction of sp³-hybridized carbons (Fsp3) is 0.250. The maximum atomic E-state index is 12.7. The van der Waals surface area contributed by atoms with Gasteiger partial charge in [-0.05, 0) is 36.6 Å². The Kier molecular flexibility index (Phi) is 4.27. The van der Waals surface area contributed by atoms with Crippen LogP contribution < -0.4 is 16.3 Å².